The van der Waals surface area contributed by atoms with E-state index >= 15 is 0 Å². The van der Waals surface area contributed by atoms with Crippen LogP contribution in [0.15, 0.2) is 12.7 Å². The molecule has 0 saturated carbocycles. The second kappa shape index (κ2) is 5.92. The SMILES string of the molecule is C=CCC(=O)NC(CC)CN. The fraction of sp³-hybridized carbons (Fsp3) is 0.625. The van der Waals surface area contributed by atoms with Crippen molar-refractivity contribution in [3.63, 3.8) is 0 Å². The largest absolute Gasteiger partial charge is 0.352 e. The van der Waals surface area contributed by atoms with Crippen LogP contribution in [0, 0.1) is 0 Å². The van der Waals surface area contributed by atoms with Crippen molar-refractivity contribution in [3.05, 3.63) is 12.7 Å². The fourth-order valence-electron chi connectivity index (χ4n) is 0.745. The van der Waals surface area contributed by atoms with Gasteiger partial charge in [0.1, 0.15) is 0 Å². The van der Waals surface area contributed by atoms with E-state index in [0.717, 1.165) is 6.42 Å². The second-order valence-corrected chi connectivity index (χ2v) is 2.40. The van der Waals surface area contributed by atoms with Crippen LogP contribution in [0.4, 0.5) is 0 Å². The average molecular weight is 156 g/mol. The molecule has 64 valence electrons. The molecule has 0 aliphatic rings. The molecule has 0 aromatic heterocycles. The van der Waals surface area contributed by atoms with Gasteiger partial charge < -0.3 is 11.1 Å². The predicted octanol–water partition coefficient (Wildman–Crippen LogP) is 0.416. The van der Waals surface area contributed by atoms with Gasteiger partial charge in [0.2, 0.25) is 5.91 Å². The van der Waals surface area contributed by atoms with E-state index in [4.69, 9.17) is 5.73 Å². The number of nitrogens with one attached hydrogen (secondary N) is 1. The predicted molar refractivity (Wildman–Crippen MR) is 46.1 cm³/mol. The Balaban J connectivity index is 3.62. The third-order valence-corrected chi connectivity index (χ3v) is 1.47. The lowest BCUT2D eigenvalue weighted by Gasteiger charge is -2.13. The van der Waals surface area contributed by atoms with Crippen molar-refractivity contribution < 1.29 is 4.79 Å². The van der Waals surface area contributed by atoms with Crippen molar-refractivity contribution in [2.24, 2.45) is 5.73 Å². The van der Waals surface area contributed by atoms with E-state index in [2.05, 4.69) is 11.9 Å². The van der Waals surface area contributed by atoms with Crippen molar-refractivity contribution in [1.82, 2.24) is 5.32 Å². The maximum atomic E-state index is 10.9. The molecule has 0 bridgehead atoms. The van der Waals surface area contributed by atoms with Gasteiger partial charge in [-0.15, -0.1) is 6.58 Å². The topological polar surface area (TPSA) is 55.1 Å². The quantitative estimate of drug-likeness (QED) is 0.567. The third-order valence-electron chi connectivity index (χ3n) is 1.47. The molecule has 0 rings (SSSR count). The van der Waals surface area contributed by atoms with Crippen LogP contribution < -0.4 is 11.1 Å². The van der Waals surface area contributed by atoms with Crippen molar-refractivity contribution in [1.29, 1.82) is 0 Å². The van der Waals surface area contributed by atoms with E-state index < -0.39 is 0 Å². The Morgan fingerprint density at radius 1 is 1.82 bits per heavy atom. The molecule has 0 saturated heterocycles. The zero-order valence-electron chi connectivity index (χ0n) is 6.97. The second-order valence-electron chi connectivity index (χ2n) is 2.40. The molecule has 0 radical (unpaired) electrons. The molecule has 1 atom stereocenters. The van der Waals surface area contributed by atoms with Gasteiger partial charge in [-0.3, -0.25) is 4.79 Å². The van der Waals surface area contributed by atoms with Gasteiger partial charge in [-0.1, -0.05) is 13.0 Å². The first-order valence-corrected chi connectivity index (χ1v) is 3.84. The normalized spacial score (nSPS) is 12.2. The summed E-state index contributed by atoms with van der Waals surface area (Å²) in [5, 5.41) is 2.78. The van der Waals surface area contributed by atoms with E-state index in [1.807, 2.05) is 6.92 Å². The smallest absolute Gasteiger partial charge is 0.224 e. The minimum Gasteiger partial charge on any atom is -0.352 e. The van der Waals surface area contributed by atoms with Gasteiger partial charge in [-0.25, -0.2) is 0 Å². The van der Waals surface area contributed by atoms with E-state index in [9.17, 15) is 4.79 Å². The summed E-state index contributed by atoms with van der Waals surface area (Å²) >= 11 is 0. The van der Waals surface area contributed by atoms with Gasteiger partial charge >= 0.3 is 0 Å². The van der Waals surface area contributed by atoms with E-state index in [1.54, 1.807) is 6.08 Å². The average Bonchev–Trinajstić information content (AvgIpc) is 2.01. The minimum atomic E-state index is -0.00250. The molecule has 0 aromatic rings. The van der Waals surface area contributed by atoms with E-state index in [-0.39, 0.29) is 11.9 Å². The van der Waals surface area contributed by atoms with Crippen LogP contribution in [0.2, 0.25) is 0 Å². The lowest BCUT2D eigenvalue weighted by atomic mass is 10.2. The highest BCUT2D eigenvalue weighted by molar-refractivity contribution is 5.77. The summed E-state index contributed by atoms with van der Waals surface area (Å²) in [5.74, 6) is -0.00250. The standard InChI is InChI=1S/C8H16N2O/c1-3-5-8(11)10-7(4-2)6-9/h3,7H,1,4-6,9H2,2H3,(H,10,11). The molecular formula is C8H16N2O. The molecule has 1 unspecified atom stereocenters. The van der Waals surface area contributed by atoms with Crippen LogP contribution in [0.25, 0.3) is 0 Å². The Bertz CT molecular complexity index is 130. The molecule has 3 heteroatoms. The van der Waals surface area contributed by atoms with Crippen molar-refractivity contribution in [2.75, 3.05) is 6.54 Å². The lowest BCUT2D eigenvalue weighted by molar-refractivity contribution is -0.120. The maximum Gasteiger partial charge on any atom is 0.224 e. The highest BCUT2D eigenvalue weighted by Crippen LogP contribution is 1.89. The van der Waals surface area contributed by atoms with Gasteiger partial charge in [0, 0.05) is 19.0 Å². The van der Waals surface area contributed by atoms with E-state index in [0.29, 0.717) is 13.0 Å². The molecule has 0 aliphatic heterocycles. The third kappa shape index (κ3) is 4.56. The number of nitrogens with two attached hydrogens (primary N) is 1. The fourth-order valence-corrected chi connectivity index (χ4v) is 0.745. The van der Waals surface area contributed by atoms with Crippen LogP contribution in [0.5, 0.6) is 0 Å². The summed E-state index contributed by atoms with van der Waals surface area (Å²) in [6, 6.07) is 0.113. The van der Waals surface area contributed by atoms with Gasteiger partial charge in [0.15, 0.2) is 0 Å². The zero-order valence-corrected chi connectivity index (χ0v) is 6.97. The summed E-state index contributed by atoms with van der Waals surface area (Å²) < 4.78 is 0. The summed E-state index contributed by atoms with van der Waals surface area (Å²) in [7, 11) is 0. The van der Waals surface area contributed by atoms with Crippen LogP contribution in [-0.2, 0) is 4.79 Å². The lowest BCUT2D eigenvalue weighted by Crippen LogP contribution is -2.39. The van der Waals surface area contributed by atoms with Gasteiger partial charge in [-0.2, -0.15) is 0 Å². The number of carbonyl (C=O) groups is 1. The highest BCUT2D eigenvalue weighted by atomic mass is 16.1. The van der Waals surface area contributed by atoms with Crippen LogP contribution >= 0.6 is 0 Å². The molecule has 0 heterocycles. The van der Waals surface area contributed by atoms with Gasteiger partial charge in [0.05, 0.1) is 0 Å². The highest BCUT2D eigenvalue weighted by Gasteiger charge is 2.05. The van der Waals surface area contributed by atoms with Gasteiger partial charge in [-0.05, 0) is 6.42 Å². The molecule has 0 aliphatic carbocycles. The number of hydrogen-bond donors (Lipinski definition) is 2. The molecule has 3 nitrogen and oxygen atoms in total. The molecule has 3 N–H and O–H groups in total. The van der Waals surface area contributed by atoms with Crippen molar-refractivity contribution in [2.45, 2.75) is 25.8 Å². The maximum absolute atomic E-state index is 10.9. The Morgan fingerprint density at radius 3 is 2.82 bits per heavy atom. The monoisotopic (exact) mass is 156 g/mol. The number of carbonyl (C=O) groups excluding carboxylic acids is 1. The van der Waals surface area contributed by atoms with Crippen LogP contribution in [0.1, 0.15) is 19.8 Å². The van der Waals surface area contributed by atoms with Crippen LogP contribution in [-0.4, -0.2) is 18.5 Å². The summed E-state index contributed by atoms with van der Waals surface area (Å²) in [6.07, 6.45) is 2.83. The Hall–Kier alpha value is -0.830. The summed E-state index contributed by atoms with van der Waals surface area (Å²) in [4.78, 5) is 10.9. The van der Waals surface area contributed by atoms with Crippen molar-refractivity contribution >= 4 is 5.91 Å². The van der Waals surface area contributed by atoms with Gasteiger partial charge in [0.25, 0.3) is 0 Å². The van der Waals surface area contributed by atoms with Crippen LogP contribution in [0.3, 0.4) is 0 Å². The zero-order chi connectivity index (χ0) is 8.69. The molecular weight excluding hydrogens is 140 g/mol. The number of hydrogen-bond acceptors (Lipinski definition) is 2. The van der Waals surface area contributed by atoms with Crippen molar-refractivity contribution in [3.8, 4) is 0 Å². The molecule has 0 spiro atoms. The summed E-state index contributed by atoms with van der Waals surface area (Å²) in [5.41, 5.74) is 5.39. The Labute approximate surface area is 67.7 Å². The first kappa shape index (κ1) is 10.2. The number of rotatable bonds is 5. The Kier molecular flexibility index (Phi) is 5.47. The molecule has 11 heavy (non-hydrogen) atoms. The Morgan fingerprint density at radius 2 is 2.45 bits per heavy atom. The molecule has 1 amide bonds. The minimum absolute atomic E-state index is 0.00250. The summed E-state index contributed by atoms with van der Waals surface area (Å²) in [6.45, 7) is 5.96. The first-order chi connectivity index (χ1) is 5.24. The molecule has 0 aromatic carbocycles. The van der Waals surface area contributed by atoms with E-state index in [1.165, 1.54) is 0 Å². The molecule has 0 fully saturated rings. The number of amides is 1. The first-order valence-electron chi connectivity index (χ1n) is 3.84.